The Labute approximate surface area is 304 Å². The van der Waals surface area contributed by atoms with Crippen LogP contribution < -0.4 is 0 Å². The Kier molecular flexibility index (Phi) is 9.14. The Hall–Kier alpha value is -4.96. The van der Waals surface area contributed by atoms with E-state index < -0.39 is 0 Å². The highest BCUT2D eigenvalue weighted by molar-refractivity contribution is 6.29. The van der Waals surface area contributed by atoms with Gasteiger partial charge in [-0.05, 0) is 83.1 Å². The summed E-state index contributed by atoms with van der Waals surface area (Å²) in [7, 11) is 0. The lowest BCUT2D eigenvalue weighted by Crippen LogP contribution is -2.34. The fourth-order valence-corrected chi connectivity index (χ4v) is 8.53. The highest BCUT2D eigenvalue weighted by Crippen LogP contribution is 2.35. The van der Waals surface area contributed by atoms with Crippen molar-refractivity contribution in [3.63, 3.8) is 0 Å². The number of carbonyl (C=O) groups is 6. The smallest absolute Gasteiger partial charge is 0.191 e. The van der Waals surface area contributed by atoms with Crippen molar-refractivity contribution in [3.05, 3.63) is 101 Å². The molecule has 6 rings (SSSR count). The molecule has 0 unspecified atom stereocenters. The fourth-order valence-electron chi connectivity index (χ4n) is 8.53. The molecule has 3 aromatic rings. The van der Waals surface area contributed by atoms with Crippen LogP contribution in [0.25, 0.3) is 0 Å². The first kappa shape index (κ1) is 36.8. The second kappa shape index (κ2) is 12.9. The molecule has 0 spiro atoms. The molecule has 3 aliphatic carbocycles. The van der Waals surface area contributed by atoms with Crippen molar-refractivity contribution in [2.45, 2.75) is 103 Å². The monoisotopic (exact) mass is 704 g/mol. The number of hydrogen-bond donors (Lipinski definition) is 0. The van der Waals surface area contributed by atoms with Gasteiger partial charge in [0.1, 0.15) is 0 Å². The molecule has 0 radical (unpaired) electrons. The van der Waals surface area contributed by atoms with Crippen LogP contribution in [-0.2, 0) is 19.6 Å². The number of ketones is 6. The maximum absolute atomic E-state index is 13.3. The number of Topliss-reactive ketones (excluding diaryl/α,β-unsaturated/α-hetero) is 6. The van der Waals surface area contributed by atoms with Crippen LogP contribution in [0.4, 0.5) is 0 Å². The Morgan fingerprint density at radius 3 is 0.615 bits per heavy atom. The summed E-state index contributed by atoms with van der Waals surface area (Å²) in [6.07, 6.45) is 0. The maximum atomic E-state index is 13.3. The lowest BCUT2D eigenvalue weighted by molar-refractivity contribution is 0.0975. The van der Waals surface area contributed by atoms with Crippen LogP contribution in [0.5, 0.6) is 0 Å². The summed E-state index contributed by atoms with van der Waals surface area (Å²) >= 11 is 0. The molecular formula is C42H48N4O6. The summed E-state index contributed by atoms with van der Waals surface area (Å²) in [4.78, 5) is 82.3. The van der Waals surface area contributed by atoms with Gasteiger partial charge in [0.25, 0.3) is 0 Å². The van der Waals surface area contributed by atoms with E-state index >= 15 is 0 Å². The number of carbonyl (C=O) groups excluding carboxylic acids is 6. The van der Waals surface area contributed by atoms with E-state index in [1.54, 1.807) is 41.5 Å². The molecule has 0 aliphatic heterocycles. The summed E-state index contributed by atoms with van der Waals surface area (Å²) < 4.78 is 6.16. The van der Waals surface area contributed by atoms with E-state index in [2.05, 4.69) is 18.6 Å². The van der Waals surface area contributed by atoms with Gasteiger partial charge in [0, 0.05) is 107 Å². The number of rotatable bonds is 9. The highest BCUT2D eigenvalue weighted by atomic mass is 16.2. The Morgan fingerprint density at radius 1 is 0.308 bits per heavy atom. The zero-order chi connectivity index (χ0) is 38.4. The molecule has 0 fully saturated rings. The average molecular weight is 705 g/mol. The van der Waals surface area contributed by atoms with Gasteiger partial charge in [0.2, 0.25) is 0 Å². The molecule has 3 heterocycles. The number of aromatic nitrogens is 3. The van der Waals surface area contributed by atoms with Crippen molar-refractivity contribution in [2.75, 3.05) is 19.6 Å². The molecule has 272 valence electrons. The van der Waals surface area contributed by atoms with Crippen LogP contribution >= 0.6 is 0 Å². The molecule has 52 heavy (non-hydrogen) atoms. The van der Waals surface area contributed by atoms with Gasteiger partial charge in [-0.25, -0.2) is 0 Å². The van der Waals surface area contributed by atoms with Gasteiger partial charge < -0.3 is 13.7 Å². The van der Waals surface area contributed by atoms with E-state index in [-0.39, 0.29) is 34.7 Å². The van der Waals surface area contributed by atoms with Gasteiger partial charge in [-0.1, -0.05) is 0 Å². The minimum absolute atomic E-state index is 0.110. The Bertz CT molecular complexity index is 1930. The third-order valence-corrected chi connectivity index (χ3v) is 12.4. The normalized spacial score (nSPS) is 16.3. The molecule has 0 bridgehead atoms. The van der Waals surface area contributed by atoms with Crippen molar-refractivity contribution >= 4 is 34.7 Å². The zero-order valence-electron chi connectivity index (χ0n) is 32.5. The van der Waals surface area contributed by atoms with E-state index in [0.29, 0.717) is 106 Å². The van der Waals surface area contributed by atoms with Crippen LogP contribution in [0.15, 0.2) is 33.4 Å². The highest BCUT2D eigenvalue weighted by Gasteiger charge is 2.37. The first-order valence-corrected chi connectivity index (χ1v) is 18.0. The van der Waals surface area contributed by atoms with Crippen LogP contribution in [-0.4, -0.2) is 72.9 Å². The first-order chi connectivity index (χ1) is 24.3. The quantitative estimate of drug-likeness (QED) is 0.241. The van der Waals surface area contributed by atoms with Crippen LogP contribution in [0.2, 0.25) is 0 Å². The average Bonchev–Trinajstić information content (AvgIpc) is 3.63. The summed E-state index contributed by atoms with van der Waals surface area (Å²) in [5, 5.41) is 0. The summed E-state index contributed by atoms with van der Waals surface area (Å²) in [6, 6.07) is 0. The topological polar surface area (TPSA) is 120 Å². The Morgan fingerprint density at radius 2 is 0.462 bits per heavy atom. The zero-order valence-corrected chi connectivity index (χ0v) is 32.5. The summed E-state index contributed by atoms with van der Waals surface area (Å²) in [5.41, 5.74) is 10.3. The minimum atomic E-state index is -0.110. The van der Waals surface area contributed by atoms with E-state index in [1.807, 2.05) is 41.5 Å². The molecule has 3 aliphatic rings. The second-order valence-corrected chi connectivity index (χ2v) is 14.8. The van der Waals surface area contributed by atoms with Gasteiger partial charge in [0.05, 0.1) is 33.4 Å². The third-order valence-electron chi connectivity index (χ3n) is 12.4. The van der Waals surface area contributed by atoms with Gasteiger partial charge >= 0.3 is 0 Å². The minimum Gasteiger partial charge on any atom is -0.346 e. The molecule has 0 N–H and O–H groups in total. The second-order valence-electron chi connectivity index (χ2n) is 14.8. The van der Waals surface area contributed by atoms with Gasteiger partial charge in [0.15, 0.2) is 34.7 Å². The molecule has 0 amide bonds. The molecule has 0 saturated carbocycles. The number of fused-ring (bicyclic) bond motifs is 3. The summed E-state index contributed by atoms with van der Waals surface area (Å²) in [6.45, 7) is 24.8. The lowest BCUT2D eigenvalue weighted by Gasteiger charge is -2.25. The standard InChI is InChI=1S/C42H48N4O6/c1-19-20(2)38(48)32-26(8)44(25(7)31(32)37(19)47)16-13-43(14-17-45-27(9)33-34(28(45)10)40(50)22(4)21(3)39(33)49)15-18-46-29(11)35-36(30(46)12)42(52)24(6)23(5)41(35)51/h13-18H2,1-12H3. The van der Waals surface area contributed by atoms with E-state index in [0.717, 1.165) is 34.2 Å². The van der Waals surface area contributed by atoms with Crippen molar-refractivity contribution in [2.24, 2.45) is 0 Å². The van der Waals surface area contributed by atoms with Crippen LogP contribution in [0.3, 0.4) is 0 Å². The van der Waals surface area contributed by atoms with Gasteiger partial charge in [-0.3, -0.25) is 33.7 Å². The molecule has 0 saturated heterocycles. The van der Waals surface area contributed by atoms with E-state index in [4.69, 9.17) is 0 Å². The van der Waals surface area contributed by atoms with Crippen LogP contribution in [0.1, 0.15) is 138 Å². The molecule has 3 aromatic heterocycles. The number of nitrogens with zero attached hydrogens (tertiary/aromatic N) is 4. The molecule has 10 nitrogen and oxygen atoms in total. The fraction of sp³-hybridized carbons (Fsp3) is 0.429. The third kappa shape index (κ3) is 5.17. The molecular weight excluding hydrogens is 656 g/mol. The van der Waals surface area contributed by atoms with Crippen molar-refractivity contribution in [1.29, 1.82) is 0 Å². The number of hydrogen-bond acceptors (Lipinski definition) is 7. The van der Waals surface area contributed by atoms with Gasteiger partial charge in [-0.2, -0.15) is 0 Å². The number of allylic oxidation sites excluding steroid dienone is 6. The maximum Gasteiger partial charge on any atom is 0.191 e. The van der Waals surface area contributed by atoms with Crippen molar-refractivity contribution in [3.8, 4) is 0 Å². The van der Waals surface area contributed by atoms with Crippen molar-refractivity contribution < 1.29 is 28.8 Å². The SMILES string of the molecule is CC1=C(C)C(=O)c2c(c(C)n(CCN(CCn3c(C)c4c(c3C)C(=O)C(C)=C(C)C4=O)CCn3c(C)c4c(c3C)C(=O)C(C)=C(C)C4=O)c2C)C1=O. The van der Waals surface area contributed by atoms with E-state index in [1.165, 1.54) is 0 Å². The lowest BCUT2D eigenvalue weighted by atomic mass is 9.86. The van der Waals surface area contributed by atoms with Crippen molar-refractivity contribution in [1.82, 2.24) is 18.6 Å². The molecule has 10 heteroatoms. The largest absolute Gasteiger partial charge is 0.346 e. The Balaban J connectivity index is 1.33. The predicted molar refractivity (Wildman–Crippen MR) is 199 cm³/mol. The molecule has 0 atom stereocenters. The van der Waals surface area contributed by atoms with Crippen LogP contribution in [0, 0.1) is 41.5 Å². The molecule has 0 aromatic carbocycles. The van der Waals surface area contributed by atoms with E-state index in [9.17, 15) is 28.8 Å². The van der Waals surface area contributed by atoms with Gasteiger partial charge in [-0.15, -0.1) is 0 Å². The predicted octanol–water partition coefficient (Wildman–Crippen LogP) is 6.79. The first-order valence-electron chi connectivity index (χ1n) is 18.0. The summed E-state index contributed by atoms with van der Waals surface area (Å²) in [5.74, 6) is -0.658.